The third-order valence-corrected chi connectivity index (χ3v) is 5.46. The van der Waals surface area contributed by atoms with Gasteiger partial charge in [0.1, 0.15) is 11.4 Å². The summed E-state index contributed by atoms with van der Waals surface area (Å²) in [6.07, 6.45) is 1.84. The van der Waals surface area contributed by atoms with E-state index < -0.39 is 0 Å². The fourth-order valence-electron chi connectivity index (χ4n) is 4.06. The second kappa shape index (κ2) is 7.79. The van der Waals surface area contributed by atoms with Crippen molar-refractivity contribution in [1.29, 1.82) is 0 Å². The molecule has 2 aliphatic rings. The van der Waals surface area contributed by atoms with Crippen LogP contribution >= 0.6 is 0 Å². The fourth-order valence-corrected chi connectivity index (χ4v) is 4.06. The molecule has 0 radical (unpaired) electrons. The maximum atomic E-state index is 6.57. The van der Waals surface area contributed by atoms with Gasteiger partial charge in [-0.2, -0.15) is 0 Å². The summed E-state index contributed by atoms with van der Waals surface area (Å²) < 4.78 is 23.0. The monoisotopic (exact) mass is 369 g/mol. The van der Waals surface area contributed by atoms with Crippen molar-refractivity contribution in [2.45, 2.75) is 31.5 Å². The van der Waals surface area contributed by atoms with Crippen LogP contribution in [0.25, 0.3) is 0 Å². The van der Waals surface area contributed by atoms with E-state index in [0.29, 0.717) is 0 Å². The van der Waals surface area contributed by atoms with Gasteiger partial charge in [-0.3, -0.25) is 4.90 Å². The van der Waals surface area contributed by atoms with Crippen LogP contribution in [0.2, 0.25) is 0 Å². The second-order valence-corrected chi connectivity index (χ2v) is 7.34. The predicted molar refractivity (Wildman–Crippen MR) is 104 cm³/mol. The average molecular weight is 369 g/mol. The Labute approximate surface area is 160 Å². The van der Waals surface area contributed by atoms with E-state index in [9.17, 15) is 0 Å². The second-order valence-electron chi connectivity index (χ2n) is 7.34. The summed E-state index contributed by atoms with van der Waals surface area (Å²) in [5.41, 5.74) is 2.26. The van der Waals surface area contributed by atoms with E-state index in [2.05, 4.69) is 41.3 Å². The molecule has 0 saturated carbocycles. The lowest BCUT2D eigenvalue weighted by Crippen LogP contribution is -2.49. The molecular formula is C22H27NO4. The van der Waals surface area contributed by atoms with Gasteiger partial charge in [-0.05, 0) is 23.8 Å². The first-order chi connectivity index (χ1) is 13.2. The molecule has 2 aliphatic heterocycles. The minimum Gasteiger partial charge on any atom is -0.493 e. The summed E-state index contributed by atoms with van der Waals surface area (Å²) in [6.45, 7) is 4.10. The lowest BCUT2D eigenvalue weighted by atomic mass is 9.93. The van der Waals surface area contributed by atoms with E-state index in [1.165, 1.54) is 11.1 Å². The van der Waals surface area contributed by atoms with Crippen LogP contribution < -0.4 is 14.2 Å². The first kappa shape index (κ1) is 18.1. The van der Waals surface area contributed by atoms with Crippen molar-refractivity contribution in [2.75, 3.05) is 34.0 Å². The Hall–Kier alpha value is -2.24. The molecule has 0 N–H and O–H groups in total. The topological polar surface area (TPSA) is 40.2 Å². The maximum Gasteiger partial charge on any atom is 0.161 e. The quantitative estimate of drug-likeness (QED) is 0.823. The minimum atomic E-state index is -0.179. The first-order valence-corrected chi connectivity index (χ1v) is 9.49. The highest BCUT2D eigenvalue weighted by Gasteiger charge is 2.39. The van der Waals surface area contributed by atoms with Gasteiger partial charge in [0.15, 0.2) is 11.5 Å². The first-order valence-electron chi connectivity index (χ1n) is 9.49. The molecule has 144 valence electrons. The third-order valence-electron chi connectivity index (χ3n) is 5.46. The van der Waals surface area contributed by atoms with Crippen molar-refractivity contribution in [3.8, 4) is 17.2 Å². The van der Waals surface area contributed by atoms with Crippen molar-refractivity contribution in [1.82, 2.24) is 4.90 Å². The van der Waals surface area contributed by atoms with Gasteiger partial charge in [0.05, 0.1) is 27.4 Å². The van der Waals surface area contributed by atoms with Gasteiger partial charge in [-0.15, -0.1) is 0 Å². The van der Waals surface area contributed by atoms with Crippen molar-refractivity contribution >= 4 is 0 Å². The molecule has 0 aliphatic carbocycles. The maximum absolute atomic E-state index is 6.57. The molecule has 0 atom stereocenters. The van der Waals surface area contributed by atoms with Crippen LogP contribution in [0.15, 0.2) is 42.5 Å². The van der Waals surface area contributed by atoms with Crippen LogP contribution in [0.4, 0.5) is 0 Å². The molecule has 0 bridgehead atoms. The Morgan fingerprint density at radius 1 is 1.00 bits per heavy atom. The van der Waals surface area contributed by atoms with E-state index in [-0.39, 0.29) is 5.60 Å². The molecule has 1 saturated heterocycles. The number of para-hydroxylation sites is 1. The highest BCUT2D eigenvalue weighted by Crippen LogP contribution is 2.36. The van der Waals surface area contributed by atoms with E-state index in [1.54, 1.807) is 14.2 Å². The largest absolute Gasteiger partial charge is 0.493 e. The van der Waals surface area contributed by atoms with Gasteiger partial charge >= 0.3 is 0 Å². The smallest absolute Gasteiger partial charge is 0.161 e. The Kier molecular flexibility index (Phi) is 5.23. The number of ether oxygens (including phenoxy) is 4. The van der Waals surface area contributed by atoms with Crippen LogP contribution in [-0.2, 0) is 17.8 Å². The molecule has 2 heterocycles. The summed E-state index contributed by atoms with van der Waals surface area (Å²) in [5.74, 6) is 2.53. The molecule has 1 spiro atoms. The van der Waals surface area contributed by atoms with Crippen LogP contribution in [0.5, 0.6) is 17.2 Å². The average Bonchev–Trinajstić information content (AvgIpc) is 2.84. The highest BCUT2D eigenvalue weighted by molar-refractivity contribution is 5.43. The molecule has 2 aromatic rings. The van der Waals surface area contributed by atoms with E-state index in [0.717, 1.165) is 62.9 Å². The van der Waals surface area contributed by atoms with Gasteiger partial charge in [-0.1, -0.05) is 24.3 Å². The molecule has 27 heavy (non-hydrogen) atoms. The van der Waals surface area contributed by atoms with Gasteiger partial charge < -0.3 is 18.9 Å². The molecule has 2 aromatic carbocycles. The number of methoxy groups -OCH3 is 2. The van der Waals surface area contributed by atoms with Gasteiger partial charge in [0, 0.05) is 38.0 Å². The van der Waals surface area contributed by atoms with Crippen LogP contribution in [0.1, 0.15) is 24.0 Å². The molecule has 5 heteroatoms. The van der Waals surface area contributed by atoms with Crippen molar-refractivity contribution in [3.63, 3.8) is 0 Å². The van der Waals surface area contributed by atoms with E-state index in [4.69, 9.17) is 18.9 Å². The number of benzene rings is 2. The predicted octanol–water partition coefficient (Wildman–Crippen LogP) is 3.65. The molecule has 0 aromatic heterocycles. The fraction of sp³-hybridized carbons (Fsp3) is 0.455. The summed E-state index contributed by atoms with van der Waals surface area (Å²) in [6, 6.07) is 14.5. The van der Waals surface area contributed by atoms with Crippen LogP contribution in [0, 0.1) is 0 Å². The number of fused-ring (bicyclic) bond motifs is 1. The standard InChI is InChI=1S/C22H27NO4/c1-24-20-8-7-17(13-21(20)25-2)14-23-15-18-5-3-4-6-19(18)27-22(16-23)9-11-26-12-10-22/h3-8,13H,9-12,14-16H2,1-2H3. The zero-order chi connectivity index (χ0) is 18.7. The molecule has 4 rings (SSSR count). The molecule has 5 nitrogen and oxygen atoms in total. The van der Waals surface area contributed by atoms with Gasteiger partial charge in [-0.25, -0.2) is 0 Å². The molecule has 0 unspecified atom stereocenters. The number of rotatable bonds is 4. The normalized spacial score (nSPS) is 19.0. The van der Waals surface area contributed by atoms with Crippen molar-refractivity contribution in [3.05, 3.63) is 53.6 Å². The number of hydrogen-bond acceptors (Lipinski definition) is 5. The van der Waals surface area contributed by atoms with Crippen LogP contribution in [-0.4, -0.2) is 44.5 Å². The van der Waals surface area contributed by atoms with Crippen molar-refractivity contribution < 1.29 is 18.9 Å². The summed E-state index contributed by atoms with van der Waals surface area (Å²) in [4.78, 5) is 2.47. The van der Waals surface area contributed by atoms with Gasteiger partial charge in [0.25, 0.3) is 0 Å². The summed E-state index contributed by atoms with van der Waals surface area (Å²) >= 11 is 0. The Morgan fingerprint density at radius 2 is 1.78 bits per heavy atom. The summed E-state index contributed by atoms with van der Waals surface area (Å²) in [7, 11) is 3.34. The van der Waals surface area contributed by atoms with Crippen LogP contribution in [0.3, 0.4) is 0 Å². The molecule has 1 fully saturated rings. The Morgan fingerprint density at radius 3 is 2.56 bits per heavy atom. The SMILES string of the molecule is COc1ccc(CN2Cc3ccccc3OC3(CCOCC3)C2)cc1OC. The Balaban J connectivity index is 1.61. The zero-order valence-electron chi connectivity index (χ0n) is 16.1. The van der Waals surface area contributed by atoms with E-state index >= 15 is 0 Å². The number of nitrogens with zero attached hydrogens (tertiary/aromatic N) is 1. The zero-order valence-corrected chi connectivity index (χ0v) is 16.1. The lowest BCUT2D eigenvalue weighted by molar-refractivity contribution is -0.0594. The third kappa shape index (κ3) is 3.89. The highest BCUT2D eigenvalue weighted by atomic mass is 16.5. The molecule has 0 amide bonds. The van der Waals surface area contributed by atoms with Gasteiger partial charge in [0.2, 0.25) is 0 Å². The van der Waals surface area contributed by atoms with E-state index in [1.807, 2.05) is 6.07 Å². The molecular weight excluding hydrogens is 342 g/mol. The Bertz CT molecular complexity index is 786. The number of hydrogen-bond donors (Lipinski definition) is 0. The summed E-state index contributed by atoms with van der Waals surface area (Å²) in [5, 5.41) is 0. The lowest BCUT2D eigenvalue weighted by Gasteiger charge is -2.39. The van der Waals surface area contributed by atoms with Crippen molar-refractivity contribution in [2.24, 2.45) is 0 Å². The minimum absolute atomic E-state index is 0.179.